The van der Waals surface area contributed by atoms with E-state index in [1.807, 2.05) is 12.1 Å². The second-order valence-electron chi connectivity index (χ2n) is 8.24. The van der Waals surface area contributed by atoms with Gasteiger partial charge in [-0.05, 0) is 11.1 Å². The zero-order valence-electron chi connectivity index (χ0n) is 17.6. The molecule has 0 spiro atoms. The summed E-state index contributed by atoms with van der Waals surface area (Å²) < 4.78 is 0. The molecule has 0 saturated carbocycles. The van der Waals surface area contributed by atoms with Gasteiger partial charge in [-0.1, -0.05) is 121 Å². The van der Waals surface area contributed by atoms with E-state index in [0.717, 1.165) is 33.9 Å². The van der Waals surface area contributed by atoms with Crippen molar-refractivity contribution in [1.29, 1.82) is 0 Å². The van der Waals surface area contributed by atoms with Crippen LogP contribution in [0.15, 0.2) is 115 Å². The van der Waals surface area contributed by atoms with Crippen LogP contribution in [-0.2, 0) is 0 Å². The van der Waals surface area contributed by atoms with E-state index in [-0.39, 0.29) is 5.92 Å². The summed E-state index contributed by atoms with van der Waals surface area (Å²) in [5, 5.41) is 0. The minimum absolute atomic E-state index is 0.243. The highest BCUT2D eigenvalue weighted by Crippen LogP contribution is 2.41. The van der Waals surface area contributed by atoms with Crippen molar-refractivity contribution in [2.45, 2.75) is 5.92 Å². The van der Waals surface area contributed by atoms with E-state index >= 15 is 0 Å². The van der Waals surface area contributed by atoms with Crippen molar-refractivity contribution in [3.63, 3.8) is 0 Å². The highest BCUT2D eigenvalue weighted by molar-refractivity contribution is 5.78. The average molecular weight is 411 g/mol. The first kappa shape index (κ1) is 18.7. The summed E-state index contributed by atoms with van der Waals surface area (Å²) in [6.45, 7) is 0. The monoisotopic (exact) mass is 410 g/mol. The lowest BCUT2D eigenvalue weighted by Crippen LogP contribution is -2.17. The van der Waals surface area contributed by atoms with Crippen LogP contribution in [0.2, 0.25) is 0 Å². The first-order valence-corrected chi connectivity index (χ1v) is 11.0. The van der Waals surface area contributed by atoms with Gasteiger partial charge in [-0.15, -0.1) is 0 Å². The van der Waals surface area contributed by atoms with E-state index in [2.05, 4.69) is 109 Å². The van der Waals surface area contributed by atoms with Gasteiger partial charge < -0.3 is 0 Å². The van der Waals surface area contributed by atoms with Gasteiger partial charge in [-0.3, -0.25) is 0 Å². The van der Waals surface area contributed by atoms with Crippen LogP contribution in [-0.4, -0.2) is 9.97 Å². The lowest BCUT2D eigenvalue weighted by molar-refractivity contribution is 0.669. The van der Waals surface area contributed by atoms with E-state index in [1.165, 1.54) is 11.1 Å². The maximum Gasteiger partial charge on any atom is 0.160 e. The molecule has 2 aliphatic rings. The Bertz CT molecular complexity index is 1350. The van der Waals surface area contributed by atoms with Crippen LogP contribution in [0.3, 0.4) is 0 Å². The number of fused-ring (bicyclic) bond motifs is 3. The van der Waals surface area contributed by atoms with Gasteiger partial charge in [-0.2, -0.15) is 0 Å². The zero-order valence-corrected chi connectivity index (χ0v) is 17.6. The number of allylic oxidation sites excluding steroid dienone is 5. The Kier molecular flexibility index (Phi) is 4.62. The normalized spacial score (nSPS) is 18.2. The molecule has 32 heavy (non-hydrogen) atoms. The zero-order chi connectivity index (χ0) is 21.3. The number of rotatable bonds is 3. The Labute approximate surface area is 188 Å². The maximum absolute atomic E-state index is 5.11. The van der Waals surface area contributed by atoms with Crippen LogP contribution in [0, 0.1) is 5.92 Å². The molecule has 2 unspecified atom stereocenters. The summed E-state index contributed by atoms with van der Waals surface area (Å²) in [5.74, 6) is 1.37. The maximum atomic E-state index is 5.11. The van der Waals surface area contributed by atoms with Gasteiger partial charge in [0.1, 0.15) is 0 Å². The Morgan fingerprint density at radius 3 is 1.91 bits per heavy atom. The predicted octanol–water partition coefficient (Wildman–Crippen LogP) is 7.33. The molecular weight excluding hydrogens is 388 g/mol. The van der Waals surface area contributed by atoms with E-state index in [0.29, 0.717) is 5.92 Å². The molecule has 152 valence electrons. The van der Waals surface area contributed by atoms with Gasteiger partial charge in [0.15, 0.2) is 5.82 Å². The van der Waals surface area contributed by atoms with Crippen LogP contribution < -0.4 is 0 Å². The van der Waals surface area contributed by atoms with Crippen LogP contribution in [0.5, 0.6) is 0 Å². The highest BCUT2D eigenvalue weighted by Gasteiger charge is 2.28. The fourth-order valence-corrected chi connectivity index (χ4v) is 4.58. The third-order valence-electron chi connectivity index (χ3n) is 6.25. The second-order valence-corrected chi connectivity index (χ2v) is 8.24. The summed E-state index contributed by atoms with van der Waals surface area (Å²) >= 11 is 0. The molecule has 2 atom stereocenters. The molecule has 0 bridgehead atoms. The molecular formula is C30H22N2. The number of nitrogens with zero attached hydrogens (tertiary/aromatic N) is 2. The Balaban J connectivity index is 1.50. The molecule has 2 aliphatic carbocycles. The number of hydrogen-bond acceptors (Lipinski definition) is 2. The molecule has 6 rings (SSSR count). The van der Waals surface area contributed by atoms with Crippen LogP contribution in [0.4, 0.5) is 0 Å². The molecule has 0 fully saturated rings. The van der Waals surface area contributed by atoms with E-state index in [1.54, 1.807) is 0 Å². The SMILES string of the molecule is C1=CC2C=Cc3c(-c4ccccc4)nc(-c4ccc(-c5ccccc5)cc4)nc3C2C=C1. The molecule has 0 radical (unpaired) electrons. The van der Waals surface area contributed by atoms with Crippen molar-refractivity contribution in [3.8, 4) is 33.8 Å². The van der Waals surface area contributed by atoms with Gasteiger partial charge >= 0.3 is 0 Å². The van der Waals surface area contributed by atoms with Crippen LogP contribution >= 0.6 is 0 Å². The third kappa shape index (κ3) is 3.30. The molecule has 1 aromatic heterocycles. The van der Waals surface area contributed by atoms with E-state index in [9.17, 15) is 0 Å². The van der Waals surface area contributed by atoms with Gasteiger partial charge in [0.05, 0.1) is 11.4 Å². The fourth-order valence-electron chi connectivity index (χ4n) is 4.58. The van der Waals surface area contributed by atoms with Crippen molar-refractivity contribution >= 4 is 6.08 Å². The van der Waals surface area contributed by atoms with E-state index in [4.69, 9.17) is 9.97 Å². The third-order valence-corrected chi connectivity index (χ3v) is 6.25. The quantitative estimate of drug-likeness (QED) is 0.353. The van der Waals surface area contributed by atoms with Crippen molar-refractivity contribution in [2.75, 3.05) is 0 Å². The topological polar surface area (TPSA) is 25.8 Å². The second kappa shape index (κ2) is 7.90. The summed E-state index contributed by atoms with van der Waals surface area (Å²) in [6, 6.07) is 29.4. The largest absolute Gasteiger partial charge is 0.232 e. The van der Waals surface area contributed by atoms with Crippen LogP contribution in [0.1, 0.15) is 17.2 Å². The Morgan fingerprint density at radius 2 is 1.16 bits per heavy atom. The van der Waals surface area contributed by atoms with Crippen molar-refractivity contribution in [3.05, 3.63) is 127 Å². The van der Waals surface area contributed by atoms with Gasteiger partial charge in [0, 0.05) is 28.5 Å². The standard InChI is InChI=1S/C30H22N2/c1-3-9-21(10-4-1)22-15-17-25(18-16-22)30-31-28(24-12-5-2-6-13-24)27-20-19-23-11-7-8-14-26(23)29(27)32-30/h1-20,23,26H. The summed E-state index contributed by atoms with van der Waals surface area (Å²) in [4.78, 5) is 10.2. The summed E-state index contributed by atoms with van der Waals surface area (Å²) in [6.07, 6.45) is 13.2. The summed E-state index contributed by atoms with van der Waals surface area (Å²) in [5.41, 5.74) is 7.78. The molecule has 0 saturated heterocycles. The van der Waals surface area contributed by atoms with Crippen molar-refractivity contribution in [2.24, 2.45) is 5.92 Å². The molecule has 0 N–H and O–H groups in total. The predicted molar refractivity (Wildman–Crippen MR) is 132 cm³/mol. The Hall–Kier alpha value is -4.04. The number of benzene rings is 3. The number of hydrogen-bond donors (Lipinski definition) is 0. The first-order valence-electron chi connectivity index (χ1n) is 11.0. The average Bonchev–Trinajstić information content (AvgIpc) is 2.89. The van der Waals surface area contributed by atoms with Crippen molar-refractivity contribution in [1.82, 2.24) is 9.97 Å². The molecule has 1 heterocycles. The Morgan fingerprint density at radius 1 is 0.531 bits per heavy atom. The highest BCUT2D eigenvalue weighted by atomic mass is 14.9. The van der Waals surface area contributed by atoms with Gasteiger partial charge in [-0.25, -0.2) is 9.97 Å². The van der Waals surface area contributed by atoms with E-state index < -0.39 is 0 Å². The minimum atomic E-state index is 0.243. The molecule has 2 heteroatoms. The number of aromatic nitrogens is 2. The molecule has 2 nitrogen and oxygen atoms in total. The summed E-state index contributed by atoms with van der Waals surface area (Å²) in [7, 11) is 0. The van der Waals surface area contributed by atoms with Gasteiger partial charge in [0.2, 0.25) is 0 Å². The fraction of sp³-hybridized carbons (Fsp3) is 0.0667. The smallest absolute Gasteiger partial charge is 0.160 e. The lowest BCUT2D eigenvalue weighted by Gasteiger charge is -2.28. The van der Waals surface area contributed by atoms with Crippen LogP contribution in [0.25, 0.3) is 39.8 Å². The first-order chi connectivity index (χ1) is 15.9. The van der Waals surface area contributed by atoms with Crippen molar-refractivity contribution < 1.29 is 0 Å². The molecule has 0 aliphatic heterocycles. The van der Waals surface area contributed by atoms with Gasteiger partial charge in [0.25, 0.3) is 0 Å². The molecule has 0 amide bonds. The molecule has 3 aromatic carbocycles. The molecule has 4 aromatic rings. The minimum Gasteiger partial charge on any atom is -0.232 e. The lowest BCUT2D eigenvalue weighted by atomic mass is 9.79.